The van der Waals surface area contributed by atoms with E-state index in [-0.39, 0.29) is 5.78 Å². The molecule has 2 aromatic carbocycles. The number of imidazole rings is 1. The van der Waals surface area contributed by atoms with Gasteiger partial charge in [0, 0.05) is 12.0 Å². The largest absolute Gasteiger partial charge is 0.358 e. The van der Waals surface area contributed by atoms with Gasteiger partial charge in [-0.1, -0.05) is 29.8 Å². The molecular weight excluding hydrogens is 298 g/mol. The number of benzene rings is 2. The molecule has 4 heteroatoms. The van der Waals surface area contributed by atoms with Gasteiger partial charge in [0.25, 0.3) is 0 Å². The number of fused-ring (bicyclic) bond motifs is 3. The van der Waals surface area contributed by atoms with Crippen LogP contribution in [0.15, 0.2) is 42.5 Å². The maximum atomic E-state index is 13.0. The van der Waals surface area contributed by atoms with Gasteiger partial charge in [-0.15, -0.1) is 0 Å². The molecule has 24 heavy (non-hydrogen) atoms. The summed E-state index contributed by atoms with van der Waals surface area (Å²) in [4.78, 5) is 13.0. The Morgan fingerprint density at radius 1 is 1.21 bits per heavy atom. The van der Waals surface area contributed by atoms with Crippen LogP contribution in [0.3, 0.4) is 0 Å². The van der Waals surface area contributed by atoms with E-state index in [9.17, 15) is 4.79 Å². The number of carbonyl (C=O) groups is 1. The van der Waals surface area contributed by atoms with Gasteiger partial charge in [-0.05, 0) is 37.6 Å². The van der Waals surface area contributed by atoms with Crippen molar-refractivity contribution in [3.8, 4) is 0 Å². The summed E-state index contributed by atoms with van der Waals surface area (Å²) in [7, 11) is 0. The second-order valence-electron chi connectivity index (χ2n) is 6.57. The Hall–Kier alpha value is -2.62. The minimum Gasteiger partial charge on any atom is -0.291 e. The molecule has 0 atom stereocenters. The molecule has 1 aromatic heterocycles. The van der Waals surface area contributed by atoms with Crippen molar-refractivity contribution in [2.45, 2.75) is 33.4 Å². The summed E-state index contributed by atoms with van der Waals surface area (Å²) in [5.74, 6) is 1.20. The predicted octanol–water partition coefficient (Wildman–Crippen LogP) is 3.24. The van der Waals surface area contributed by atoms with Crippen LogP contribution in [0.1, 0.15) is 27.9 Å². The molecule has 1 N–H and O–H groups in total. The molecule has 3 aromatic rings. The van der Waals surface area contributed by atoms with Gasteiger partial charge < -0.3 is 0 Å². The van der Waals surface area contributed by atoms with Gasteiger partial charge in [0.2, 0.25) is 0 Å². The number of ketones is 1. The van der Waals surface area contributed by atoms with Gasteiger partial charge in [-0.3, -0.25) is 10.1 Å². The number of hydrogen-bond donors (Lipinski definition) is 1. The van der Waals surface area contributed by atoms with Crippen LogP contribution >= 0.6 is 0 Å². The molecule has 0 spiro atoms. The van der Waals surface area contributed by atoms with Gasteiger partial charge >= 0.3 is 5.95 Å². The third kappa shape index (κ3) is 2.39. The lowest BCUT2D eigenvalue weighted by Gasteiger charge is -2.12. The molecule has 0 fully saturated rings. The highest BCUT2D eigenvalue weighted by molar-refractivity contribution is 5.98. The average molecular weight is 320 g/mol. The number of para-hydroxylation sites is 2. The van der Waals surface area contributed by atoms with Gasteiger partial charge in [-0.2, -0.15) is 0 Å². The summed E-state index contributed by atoms with van der Waals surface area (Å²) >= 11 is 0. The summed E-state index contributed by atoms with van der Waals surface area (Å²) in [5.41, 5.74) is 5.28. The molecule has 0 amide bonds. The maximum absolute atomic E-state index is 13.0. The lowest BCUT2D eigenvalue weighted by atomic mass is 10.0. The Kier molecular flexibility index (Phi) is 3.60. The number of hydrogen-bond acceptors (Lipinski definition) is 2. The zero-order valence-electron chi connectivity index (χ0n) is 14.2. The monoisotopic (exact) mass is 320 g/mol. The zero-order chi connectivity index (χ0) is 16.7. The molecule has 0 unspecified atom stereocenters. The standard InChI is InChI=1S/C20H21N3O/c1-14-8-9-15(2)16(12-14)19(24)13-23-18-7-4-3-6-17(18)22-11-5-10-21-20(22)23/h3-4,6-9,12H,5,10-11,13H2,1-2H3/p+1. The summed E-state index contributed by atoms with van der Waals surface area (Å²) < 4.78 is 4.41. The van der Waals surface area contributed by atoms with Crippen LogP contribution in [-0.4, -0.2) is 16.9 Å². The molecule has 0 aliphatic carbocycles. The summed E-state index contributed by atoms with van der Waals surface area (Å²) in [6.07, 6.45) is 1.11. The van der Waals surface area contributed by atoms with Gasteiger partial charge in [-0.25, -0.2) is 9.13 Å². The van der Waals surface area contributed by atoms with Crippen molar-refractivity contribution in [1.82, 2.24) is 4.57 Å². The van der Waals surface area contributed by atoms with Crippen molar-refractivity contribution in [1.29, 1.82) is 0 Å². The molecule has 1 aliphatic rings. The lowest BCUT2D eigenvalue weighted by molar-refractivity contribution is -0.661. The molecule has 1 aliphatic heterocycles. The lowest BCUT2D eigenvalue weighted by Crippen LogP contribution is -2.42. The van der Waals surface area contributed by atoms with Gasteiger partial charge in [0.1, 0.15) is 17.6 Å². The normalized spacial score (nSPS) is 13.6. The number of carbonyl (C=O) groups excluding carboxylic acids is 1. The summed E-state index contributed by atoms with van der Waals surface area (Å²) in [6.45, 7) is 6.34. The fourth-order valence-electron chi connectivity index (χ4n) is 3.57. The number of nitrogens with zero attached hydrogens (tertiary/aromatic N) is 2. The molecule has 0 radical (unpaired) electrons. The Morgan fingerprint density at radius 3 is 2.92 bits per heavy atom. The quantitative estimate of drug-likeness (QED) is 0.594. The van der Waals surface area contributed by atoms with Crippen LogP contribution in [0.4, 0.5) is 5.95 Å². The molecule has 4 nitrogen and oxygen atoms in total. The summed E-state index contributed by atoms with van der Waals surface area (Å²) in [6, 6.07) is 14.4. The van der Waals surface area contributed by atoms with Gasteiger partial charge in [0.15, 0.2) is 5.78 Å². The van der Waals surface area contributed by atoms with Crippen LogP contribution in [0.25, 0.3) is 11.0 Å². The third-order valence-electron chi connectivity index (χ3n) is 4.81. The van der Waals surface area contributed by atoms with Crippen molar-refractivity contribution in [2.24, 2.45) is 0 Å². The van der Waals surface area contributed by atoms with E-state index in [2.05, 4.69) is 38.7 Å². The highest BCUT2D eigenvalue weighted by Crippen LogP contribution is 2.21. The van der Waals surface area contributed by atoms with Crippen LogP contribution in [0, 0.1) is 13.8 Å². The number of aromatic nitrogens is 2. The first-order valence-electron chi connectivity index (χ1n) is 8.50. The third-order valence-corrected chi connectivity index (χ3v) is 4.81. The van der Waals surface area contributed by atoms with Crippen molar-refractivity contribution in [3.05, 3.63) is 59.2 Å². The Balaban J connectivity index is 1.80. The number of aryl methyl sites for hydroxylation is 3. The Bertz CT molecular complexity index is 939. The number of Topliss-reactive ketones (excluding diaryl/α,β-unsaturated/α-hetero) is 1. The van der Waals surface area contributed by atoms with Gasteiger partial charge in [0.05, 0.1) is 13.1 Å². The molecule has 0 bridgehead atoms. The number of nitrogens with one attached hydrogen (secondary N) is 1. The molecule has 122 valence electrons. The molecular formula is C20H22N3O+. The highest BCUT2D eigenvalue weighted by Gasteiger charge is 2.27. The van der Waals surface area contributed by atoms with E-state index in [1.807, 2.05) is 32.0 Å². The highest BCUT2D eigenvalue weighted by atomic mass is 16.1. The fourth-order valence-corrected chi connectivity index (χ4v) is 3.57. The van der Waals surface area contributed by atoms with E-state index in [1.54, 1.807) is 0 Å². The smallest absolute Gasteiger partial charge is 0.291 e. The van der Waals surface area contributed by atoms with Crippen LogP contribution < -0.4 is 9.88 Å². The minimum absolute atomic E-state index is 0.160. The van der Waals surface area contributed by atoms with Crippen molar-refractivity contribution in [3.63, 3.8) is 0 Å². The van der Waals surface area contributed by atoms with E-state index in [0.717, 1.165) is 47.7 Å². The topological polar surface area (TPSA) is 37.9 Å². The van der Waals surface area contributed by atoms with E-state index >= 15 is 0 Å². The van der Waals surface area contributed by atoms with Crippen LogP contribution in [-0.2, 0) is 13.1 Å². The van der Waals surface area contributed by atoms with Crippen LogP contribution in [0.5, 0.6) is 0 Å². The van der Waals surface area contributed by atoms with Crippen LogP contribution in [0.2, 0.25) is 0 Å². The molecule has 4 rings (SSSR count). The van der Waals surface area contributed by atoms with Crippen molar-refractivity contribution < 1.29 is 9.36 Å². The second-order valence-corrected chi connectivity index (χ2v) is 6.57. The average Bonchev–Trinajstić information content (AvgIpc) is 2.92. The number of anilines is 1. The summed E-state index contributed by atoms with van der Waals surface area (Å²) in [5, 5.41) is 3.48. The van der Waals surface area contributed by atoms with Crippen molar-refractivity contribution in [2.75, 3.05) is 11.9 Å². The zero-order valence-corrected chi connectivity index (χ0v) is 14.2. The molecule has 2 heterocycles. The van der Waals surface area contributed by atoms with Crippen molar-refractivity contribution >= 4 is 22.8 Å². The molecule has 0 saturated carbocycles. The first-order valence-corrected chi connectivity index (χ1v) is 8.50. The SMILES string of the molecule is Cc1ccc(C)c(C(=O)Cn2c3[n+](c4ccccc42)CCCN3)c1. The maximum Gasteiger partial charge on any atom is 0.358 e. The van der Waals surface area contributed by atoms with E-state index in [0.29, 0.717) is 6.54 Å². The van der Waals surface area contributed by atoms with E-state index < -0.39 is 0 Å². The number of rotatable bonds is 3. The first kappa shape index (κ1) is 14.9. The minimum atomic E-state index is 0.160. The Morgan fingerprint density at radius 2 is 2.04 bits per heavy atom. The second kappa shape index (κ2) is 5.78. The fraction of sp³-hybridized carbons (Fsp3) is 0.300. The first-order chi connectivity index (χ1) is 11.6. The van der Waals surface area contributed by atoms with E-state index in [1.165, 1.54) is 5.52 Å². The molecule has 0 saturated heterocycles. The van der Waals surface area contributed by atoms with E-state index in [4.69, 9.17) is 0 Å². The predicted molar refractivity (Wildman–Crippen MR) is 95.5 cm³/mol. The Labute approximate surface area is 141 Å².